The maximum atomic E-state index is 6.06. The minimum atomic E-state index is -0.145. The van der Waals surface area contributed by atoms with Crippen molar-refractivity contribution in [1.82, 2.24) is 0 Å². The Morgan fingerprint density at radius 2 is 1.70 bits per heavy atom. The van der Waals surface area contributed by atoms with Gasteiger partial charge in [0.15, 0.2) is 0 Å². The van der Waals surface area contributed by atoms with Crippen molar-refractivity contribution in [3.8, 4) is 0 Å². The average molecular weight is 390 g/mol. The van der Waals surface area contributed by atoms with Crippen LogP contribution in [0.4, 0.5) is 0 Å². The topological polar surface area (TPSA) is 18.5 Å². The van der Waals surface area contributed by atoms with Crippen LogP contribution in [-0.4, -0.2) is 17.8 Å². The van der Waals surface area contributed by atoms with Crippen molar-refractivity contribution in [2.24, 2.45) is 0 Å². The molecule has 0 N–H and O–H groups in total. The van der Waals surface area contributed by atoms with Gasteiger partial charge in [0.1, 0.15) is 23.0 Å². The van der Waals surface area contributed by atoms with E-state index in [1.807, 2.05) is 23.0 Å². The summed E-state index contributed by atoms with van der Waals surface area (Å²) >= 11 is 1.96. The van der Waals surface area contributed by atoms with Crippen molar-refractivity contribution in [3.05, 3.63) is 35.4 Å². The van der Waals surface area contributed by atoms with E-state index in [0.717, 1.165) is 25.9 Å². The number of hydrogen-bond donors (Lipinski definition) is 0. The molecule has 0 aliphatic carbocycles. The van der Waals surface area contributed by atoms with Crippen molar-refractivity contribution in [2.45, 2.75) is 65.1 Å². The molecule has 20 heavy (non-hydrogen) atoms. The molecular formula is C17H27IO2. The van der Waals surface area contributed by atoms with Crippen molar-refractivity contribution >= 4 is 23.0 Å². The van der Waals surface area contributed by atoms with Crippen molar-refractivity contribution in [2.75, 3.05) is 6.61 Å². The van der Waals surface area contributed by atoms with E-state index in [9.17, 15) is 0 Å². The van der Waals surface area contributed by atoms with Gasteiger partial charge in [-0.2, -0.15) is 0 Å². The lowest BCUT2D eigenvalue weighted by Crippen LogP contribution is -2.31. The number of aryl methyl sites for hydroxylation is 1. The van der Waals surface area contributed by atoms with Gasteiger partial charge in [0.05, 0.1) is 17.8 Å². The van der Waals surface area contributed by atoms with Gasteiger partial charge in [-0.3, -0.25) is 0 Å². The predicted octanol–water partition coefficient (Wildman–Crippen LogP) is 5.12. The van der Waals surface area contributed by atoms with Gasteiger partial charge in [0.25, 0.3) is 0 Å². The first kappa shape index (κ1) is 17.9. The molecule has 0 saturated carbocycles. The fourth-order valence-corrected chi connectivity index (χ4v) is 2.33. The normalized spacial score (nSPS) is 12.7. The quantitative estimate of drug-likeness (QED) is 0.574. The van der Waals surface area contributed by atoms with Crippen LogP contribution in [0.15, 0.2) is 24.3 Å². The van der Waals surface area contributed by atoms with Crippen LogP contribution in [0, 0.1) is 0 Å². The highest BCUT2D eigenvalue weighted by Gasteiger charge is 2.22. The largest absolute Gasteiger partial charge is 0.375 e. The van der Waals surface area contributed by atoms with Crippen LogP contribution in [-0.2, 0) is 20.6 Å². The van der Waals surface area contributed by atoms with Crippen LogP contribution in [0.5, 0.6) is 0 Å². The van der Waals surface area contributed by atoms with Crippen LogP contribution in [0.3, 0.4) is 0 Å². The van der Waals surface area contributed by atoms with Crippen LogP contribution in [0.1, 0.15) is 52.2 Å². The fraction of sp³-hybridized carbons (Fsp3) is 0.647. The Kier molecular flexibility index (Phi) is 6.95. The molecular weight excluding hydrogens is 363 g/mol. The van der Waals surface area contributed by atoms with E-state index in [1.54, 1.807) is 0 Å². The van der Waals surface area contributed by atoms with E-state index in [2.05, 4.69) is 58.9 Å². The molecule has 0 radical (unpaired) electrons. The third-order valence-corrected chi connectivity index (χ3v) is 4.63. The maximum absolute atomic E-state index is 6.06. The lowest BCUT2D eigenvalue weighted by atomic mass is 9.96. The monoisotopic (exact) mass is 390 g/mol. The van der Waals surface area contributed by atoms with Gasteiger partial charge in [-0.15, -0.1) is 0 Å². The Labute approximate surface area is 137 Å². The van der Waals surface area contributed by atoms with Crippen LogP contribution in [0.2, 0.25) is 0 Å². The molecule has 1 aromatic rings. The molecule has 0 fully saturated rings. The van der Waals surface area contributed by atoms with E-state index in [-0.39, 0.29) is 11.2 Å². The van der Waals surface area contributed by atoms with Crippen LogP contribution < -0.4 is 0 Å². The number of ether oxygens (including phenoxy) is 1. The molecule has 3 heteroatoms. The fourth-order valence-electron chi connectivity index (χ4n) is 2.11. The summed E-state index contributed by atoms with van der Waals surface area (Å²) in [7, 11) is 0. The van der Waals surface area contributed by atoms with Gasteiger partial charge in [-0.05, 0) is 45.2 Å². The summed E-state index contributed by atoms with van der Waals surface area (Å²) < 4.78 is 11.5. The van der Waals surface area contributed by atoms with Gasteiger partial charge in [0.2, 0.25) is 0 Å². The van der Waals surface area contributed by atoms with Gasteiger partial charge >= 0.3 is 0 Å². The van der Waals surface area contributed by atoms with Crippen LogP contribution in [0.25, 0.3) is 0 Å². The molecule has 0 amide bonds. The Morgan fingerprint density at radius 1 is 1.05 bits per heavy atom. The highest BCUT2D eigenvalue weighted by molar-refractivity contribution is 14.1. The number of hydrogen-bond acceptors (Lipinski definition) is 2. The minimum absolute atomic E-state index is 0.126. The smallest absolute Gasteiger partial charge is 0.110 e. The Bertz CT molecular complexity index is 413. The molecule has 0 aliphatic heterocycles. The first-order valence-corrected chi connectivity index (χ1v) is 8.17. The second-order valence-corrected chi connectivity index (χ2v) is 6.99. The Balaban J connectivity index is 2.52. The molecule has 1 rings (SSSR count). The summed E-state index contributed by atoms with van der Waals surface area (Å²) in [6.45, 7) is 11.4. The standard InChI is InChI=1S/C17H27IO2/c1-6-14-8-7-9-15(12-14)13-17(4,5)19-11-10-16(2,3)20-18/h7-9,12H,6,10-11,13H2,1-5H3. The van der Waals surface area contributed by atoms with E-state index in [0.29, 0.717) is 0 Å². The summed E-state index contributed by atoms with van der Waals surface area (Å²) in [5.74, 6) is 0. The highest BCUT2D eigenvalue weighted by Crippen LogP contribution is 2.22. The zero-order valence-electron chi connectivity index (χ0n) is 13.3. The van der Waals surface area contributed by atoms with Crippen molar-refractivity contribution < 1.29 is 7.80 Å². The first-order valence-electron chi connectivity index (χ1n) is 7.29. The first-order chi connectivity index (χ1) is 9.28. The summed E-state index contributed by atoms with van der Waals surface area (Å²) in [6.07, 6.45) is 2.91. The zero-order chi connectivity index (χ0) is 15.2. The van der Waals surface area contributed by atoms with E-state index in [4.69, 9.17) is 7.80 Å². The molecule has 0 unspecified atom stereocenters. The molecule has 0 aliphatic rings. The summed E-state index contributed by atoms with van der Waals surface area (Å²) in [5.41, 5.74) is 2.46. The van der Waals surface area contributed by atoms with E-state index < -0.39 is 0 Å². The molecule has 0 saturated heterocycles. The lowest BCUT2D eigenvalue weighted by Gasteiger charge is -2.28. The maximum Gasteiger partial charge on any atom is 0.110 e. The minimum Gasteiger partial charge on any atom is -0.375 e. The second-order valence-electron chi connectivity index (χ2n) is 6.55. The van der Waals surface area contributed by atoms with Gasteiger partial charge in [-0.25, -0.2) is 0 Å². The molecule has 0 atom stereocenters. The second kappa shape index (κ2) is 7.76. The van der Waals surface area contributed by atoms with Gasteiger partial charge < -0.3 is 7.80 Å². The molecule has 1 aromatic carbocycles. The highest BCUT2D eigenvalue weighted by atomic mass is 127. The van der Waals surface area contributed by atoms with Crippen molar-refractivity contribution in [3.63, 3.8) is 0 Å². The molecule has 114 valence electrons. The molecule has 2 nitrogen and oxygen atoms in total. The summed E-state index contributed by atoms with van der Waals surface area (Å²) in [4.78, 5) is 0. The molecule has 0 spiro atoms. The average Bonchev–Trinajstić information content (AvgIpc) is 2.38. The van der Waals surface area contributed by atoms with Gasteiger partial charge in [-0.1, -0.05) is 31.2 Å². The molecule has 0 heterocycles. The van der Waals surface area contributed by atoms with E-state index in [1.165, 1.54) is 11.1 Å². The summed E-state index contributed by atoms with van der Waals surface area (Å²) in [6, 6.07) is 8.78. The van der Waals surface area contributed by atoms with E-state index >= 15 is 0 Å². The number of rotatable bonds is 8. The molecule has 0 bridgehead atoms. The SMILES string of the molecule is CCc1cccc(CC(C)(C)OCCC(C)(C)OI)c1. The number of benzene rings is 1. The predicted molar refractivity (Wildman–Crippen MR) is 93.4 cm³/mol. The molecule has 0 aromatic heterocycles. The zero-order valence-corrected chi connectivity index (χ0v) is 15.5. The Hall–Kier alpha value is -0.130. The number of halogens is 1. The Morgan fingerprint density at radius 3 is 2.30 bits per heavy atom. The lowest BCUT2D eigenvalue weighted by molar-refractivity contribution is -0.0343. The third-order valence-electron chi connectivity index (χ3n) is 3.44. The van der Waals surface area contributed by atoms with Crippen LogP contribution >= 0.6 is 23.0 Å². The van der Waals surface area contributed by atoms with Gasteiger partial charge in [0, 0.05) is 12.8 Å². The van der Waals surface area contributed by atoms with Crippen molar-refractivity contribution in [1.29, 1.82) is 0 Å². The third kappa shape index (κ3) is 6.55. The summed E-state index contributed by atoms with van der Waals surface area (Å²) in [5, 5.41) is 0.